The van der Waals surface area contributed by atoms with Gasteiger partial charge in [0, 0.05) is 10.9 Å². The zero-order chi connectivity index (χ0) is 23.4. The molecule has 0 fully saturated rings. The maximum absolute atomic E-state index is 12.9. The maximum atomic E-state index is 12.9. The molecule has 0 radical (unpaired) electrons. The van der Waals surface area contributed by atoms with E-state index in [9.17, 15) is 14.7 Å². The highest BCUT2D eigenvalue weighted by Crippen LogP contribution is 2.44. The second-order valence-electron chi connectivity index (χ2n) is 7.96. The number of aliphatic carboxylic acids is 1. The molecule has 0 bridgehead atoms. The maximum Gasteiger partial charge on any atom is 0.410 e. The van der Waals surface area contributed by atoms with E-state index in [-0.39, 0.29) is 19.1 Å². The lowest BCUT2D eigenvalue weighted by molar-refractivity contribution is -0.138. The van der Waals surface area contributed by atoms with Gasteiger partial charge in [0.05, 0.1) is 6.54 Å². The molecule has 1 aliphatic rings. The third-order valence-corrected chi connectivity index (χ3v) is 5.77. The smallest absolute Gasteiger partial charge is 0.410 e. The van der Waals surface area contributed by atoms with Crippen LogP contribution in [0.2, 0.25) is 5.02 Å². The molecule has 6 nitrogen and oxygen atoms in total. The van der Waals surface area contributed by atoms with Gasteiger partial charge in [0.1, 0.15) is 25.0 Å². The molecule has 0 heterocycles. The van der Waals surface area contributed by atoms with Crippen LogP contribution >= 0.6 is 11.6 Å². The standard InChI is InChI=1S/C26H24ClNO5/c1-17(33-19-8-6-7-18(27)13-19)14-28(15-25(29)30)26(31)32-16-24-22-11-4-2-9-20(22)21-10-3-5-12-23(21)24/h2-13,17,24H,14-16H2,1H3,(H,29,30)/t17-/m1/s1. The predicted molar refractivity (Wildman–Crippen MR) is 126 cm³/mol. The number of benzene rings is 3. The van der Waals surface area contributed by atoms with Crippen LogP contribution in [0.3, 0.4) is 0 Å². The fraction of sp³-hybridized carbons (Fsp3) is 0.231. The van der Waals surface area contributed by atoms with Crippen molar-refractivity contribution in [3.8, 4) is 16.9 Å². The lowest BCUT2D eigenvalue weighted by Gasteiger charge is -2.25. The summed E-state index contributed by atoms with van der Waals surface area (Å²) in [6.07, 6.45) is -1.16. The number of nitrogens with zero attached hydrogens (tertiary/aromatic N) is 1. The molecule has 1 aliphatic carbocycles. The van der Waals surface area contributed by atoms with Crippen molar-refractivity contribution in [2.45, 2.75) is 18.9 Å². The first-order valence-electron chi connectivity index (χ1n) is 10.7. The Morgan fingerprint density at radius 2 is 1.64 bits per heavy atom. The van der Waals surface area contributed by atoms with E-state index in [1.54, 1.807) is 31.2 Å². The molecule has 170 valence electrons. The molecule has 0 aliphatic heterocycles. The number of amides is 1. The minimum Gasteiger partial charge on any atom is -0.489 e. The molecule has 3 aromatic carbocycles. The minimum absolute atomic E-state index is 0.0511. The van der Waals surface area contributed by atoms with Gasteiger partial charge in [-0.1, -0.05) is 66.2 Å². The summed E-state index contributed by atoms with van der Waals surface area (Å²) >= 11 is 5.99. The van der Waals surface area contributed by atoms with Gasteiger partial charge in [-0.05, 0) is 47.4 Å². The number of hydrogen-bond acceptors (Lipinski definition) is 4. The average Bonchev–Trinajstić information content (AvgIpc) is 3.10. The molecular weight excluding hydrogens is 442 g/mol. The molecule has 33 heavy (non-hydrogen) atoms. The largest absolute Gasteiger partial charge is 0.489 e. The summed E-state index contributed by atoms with van der Waals surface area (Å²) in [5.41, 5.74) is 4.43. The van der Waals surface area contributed by atoms with Crippen LogP contribution in [0.4, 0.5) is 4.79 Å². The van der Waals surface area contributed by atoms with Crippen molar-refractivity contribution in [2.75, 3.05) is 19.7 Å². The van der Waals surface area contributed by atoms with Gasteiger partial charge in [-0.15, -0.1) is 0 Å². The van der Waals surface area contributed by atoms with E-state index >= 15 is 0 Å². The Morgan fingerprint density at radius 1 is 1.00 bits per heavy atom. The normalized spacial score (nSPS) is 13.0. The Kier molecular flexibility index (Phi) is 6.84. The van der Waals surface area contributed by atoms with Crippen molar-refractivity contribution in [1.82, 2.24) is 4.90 Å². The SMILES string of the molecule is C[C@H](CN(CC(=O)O)C(=O)OCC1c2ccccc2-c2ccccc21)Oc1cccc(Cl)c1. The third kappa shape index (κ3) is 5.29. The minimum atomic E-state index is -1.13. The van der Waals surface area contributed by atoms with E-state index in [2.05, 4.69) is 12.1 Å². The van der Waals surface area contributed by atoms with Crippen LogP contribution in [0.25, 0.3) is 11.1 Å². The Balaban J connectivity index is 1.44. The topological polar surface area (TPSA) is 76.1 Å². The van der Waals surface area contributed by atoms with E-state index < -0.39 is 24.7 Å². The molecule has 0 unspecified atom stereocenters. The van der Waals surface area contributed by atoms with Crippen LogP contribution in [0.15, 0.2) is 72.8 Å². The summed E-state index contributed by atoms with van der Waals surface area (Å²) in [5.74, 6) is -0.690. The highest BCUT2D eigenvalue weighted by Gasteiger charge is 2.30. The number of halogens is 1. The summed E-state index contributed by atoms with van der Waals surface area (Å²) in [6, 6.07) is 23.0. The van der Waals surface area contributed by atoms with Crippen LogP contribution in [-0.2, 0) is 9.53 Å². The summed E-state index contributed by atoms with van der Waals surface area (Å²) in [6.45, 7) is 1.44. The number of rotatable bonds is 8. The van der Waals surface area contributed by atoms with Crippen molar-refractivity contribution >= 4 is 23.7 Å². The highest BCUT2D eigenvalue weighted by molar-refractivity contribution is 6.30. The van der Waals surface area contributed by atoms with Crippen LogP contribution in [-0.4, -0.2) is 47.9 Å². The molecule has 0 spiro atoms. The van der Waals surface area contributed by atoms with Crippen molar-refractivity contribution in [3.05, 3.63) is 88.9 Å². The number of carboxylic acids is 1. The Labute approximate surface area is 197 Å². The van der Waals surface area contributed by atoms with Crippen LogP contribution in [0.5, 0.6) is 5.75 Å². The second kappa shape index (κ2) is 9.96. The Bertz CT molecular complexity index is 1120. The first kappa shape index (κ1) is 22.7. The number of hydrogen-bond donors (Lipinski definition) is 1. The van der Waals surface area contributed by atoms with Gasteiger partial charge in [-0.25, -0.2) is 4.79 Å². The number of carbonyl (C=O) groups is 2. The number of fused-ring (bicyclic) bond motifs is 3. The van der Waals surface area contributed by atoms with E-state index in [1.807, 2.05) is 36.4 Å². The summed E-state index contributed by atoms with van der Waals surface area (Å²) in [4.78, 5) is 25.4. The highest BCUT2D eigenvalue weighted by atomic mass is 35.5. The molecule has 4 rings (SSSR count). The Morgan fingerprint density at radius 3 is 2.24 bits per heavy atom. The summed E-state index contributed by atoms with van der Waals surface area (Å²) in [5, 5.41) is 9.83. The summed E-state index contributed by atoms with van der Waals surface area (Å²) < 4.78 is 11.4. The molecule has 0 saturated carbocycles. The quantitative estimate of drug-likeness (QED) is 0.479. The zero-order valence-corrected chi connectivity index (χ0v) is 18.9. The third-order valence-electron chi connectivity index (χ3n) is 5.53. The van der Waals surface area contributed by atoms with Gasteiger partial charge >= 0.3 is 12.1 Å². The Hall–Kier alpha value is -3.51. The molecule has 1 N–H and O–H groups in total. The molecule has 0 saturated heterocycles. The number of carboxylic acid groups (broad SMARTS) is 1. The second-order valence-corrected chi connectivity index (χ2v) is 8.40. The van der Waals surface area contributed by atoms with Gasteiger partial charge in [-0.2, -0.15) is 0 Å². The number of ether oxygens (including phenoxy) is 2. The van der Waals surface area contributed by atoms with Gasteiger partial charge in [-0.3, -0.25) is 9.69 Å². The first-order chi connectivity index (χ1) is 15.9. The van der Waals surface area contributed by atoms with E-state index in [0.717, 1.165) is 27.2 Å². The van der Waals surface area contributed by atoms with Gasteiger partial charge in [0.25, 0.3) is 0 Å². The van der Waals surface area contributed by atoms with Crippen LogP contribution in [0.1, 0.15) is 24.0 Å². The van der Waals surface area contributed by atoms with Crippen molar-refractivity contribution in [1.29, 1.82) is 0 Å². The monoisotopic (exact) mass is 465 g/mol. The van der Waals surface area contributed by atoms with Crippen LogP contribution < -0.4 is 4.74 Å². The molecule has 1 amide bonds. The van der Waals surface area contributed by atoms with Gasteiger partial charge in [0.15, 0.2) is 0 Å². The van der Waals surface area contributed by atoms with E-state index in [0.29, 0.717) is 10.8 Å². The lowest BCUT2D eigenvalue weighted by Crippen LogP contribution is -2.42. The average molecular weight is 466 g/mol. The fourth-order valence-electron chi connectivity index (χ4n) is 4.17. The molecule has 7 heteroatoms. The van der Waals surface area contributed by atoms with E-state index in [1.165, 1.54) is 0 Å². The van der Waals surface area contributed by atoms with Crippen molar-refractivity contribution < 1.29 is 24.2 Å². The zero-order valence-electron chi connectivity index (χ0n) is 18.1. The molecule has 3 aromatic rings. The lowest BCUT2D eigenvalue weighted by atomic mass is 9.98. The van der Waals surface area contributed by atoms with Crippen molar-refractivity contribution in [2.24, 2.45) is 0 Å². The van der Waals surface area contributed by atoms with Crippen molar-refractivity contribution in [3.63, 3.8) is 0 Å². The first-order valence-corrected chi connectivity index (χ1v) is 11.0. The van der Waals surface area contributed by atoms with Gasteiger partial charge in [0.2, 0.25) is 0 Å². The van der Waals surface area contributed by atoms with E-state index in [4.69, 9.17) is 21.1 Å². The molecule has 0 aromatic heterocycles. The van der Waals surface area contributed by atoms with Crippen LogP contribution in [0, 0.1) is 0 Å². The number of carbonyl (C=O) groups excluding carboxylic acids is 1. The fourth-order valence-corrected chi connectivity index (χ4v) is 4.35. The molecule has 1 atom stereocenters. The molecular formula is C26H24ClNO5. The van der Waals surface area contributed by atoms with Gasteiger partial charge < -0.3 is 14.6 Å². The summed E-state index contributed by atoms with van der Waals surface area (Å²) in [7, 11) is 0. The predicted octanol–water partition coefficient (Wildman–Crippen LogP) is 5.44.